The van der Waals surface area contributed by atoms with Gasteiger partial charge in [-0.2, -0.15) is 5.21 Å². The second-order valence-corrected chi connectivity index (χ2v) is 4.60. The Morgan fingerprint density at radius 2 is 2.28 bits per heavy atom. The van der Waals surface area contributed by atoms with Gasteiger partial charge in [0.1, 0.15) is 0 Å². The van der Waals surface area contributed by atoms with E-state index < -0.39 is 0 Å². The standard InChI is InChI=1S/C11H10ClN5O/c12-9-4-2-1-3-6(9)7-5-8(7)10(18)13-11-14-16-17-15-11/h1-4,7-8H,5H2,(H2,13,14,15,16,17,18)/t7-,8+/m1/s1. The van der Waals surface area contributed by atoms with Gasteiger partial charge in [0.2, 0.25) is 5.91 Å². The highest BCUT2D eigenvalue weighted by atomic mass is 35.5. The van der Waals surface area contributed by atoms with Crippen LogP contribution < -0.4 is 5.32 Å². The van der Waals surface area contributed by atoms with Gasteiger partial charge in [-0.1, -0.05) is 34.9 Å². The summed E-state index contributed by atoms with van der Waals surface area (Å²) in [6, 6.07) is 7.59. The molecule has 1 aliphatic carbocycles. The largest absolute Gasteiger partial charge is 0.292 e. The molecule has 1 aliphatic rings. The molecule has 92 valence electrons. The fourth-order valence-electron chi connectivity index (χ4n) is 2.02. The van der Waals surface area contributed by atoms with E-state index in [2.05, 4.69) is 25.9 Å². The maximum absolute atomic E-state index is 11.9. The number of carbonyl (C=O) groups is 1. The summed E-state index contributed by atoms with van der Waals surface area (Å²) in [5, 5.41) is 16.3. The van der Waals surface area contributed by atoms with Crippen molar-refractivity contribution < 1.29 is 4.79 Å². The average Bonchev–Trinajstić information content (AvgIpc) is 3.00. The summed E-state index contributed by atoms with van der Waals surface area (Å²) < 4.78 is 0. The van der Waals surface area contributed by atoms with Gasteiger partial charge in [-0.3, -0.25) is 10.1 Å². The van der Waals surface area contributed by atoms with Crippen molar-refractivity contribution in [2.75, 3.05) is 5.32 Å². The third-order valence-corrected chi connectivity index (χ3v) is 3.36. The molecular weight excluding hydrogens is 254 g/mol. The molecule has 1 heterocycles. The lowest BCUT2D eigenvalue weighted by atomic mass is 10.1. The molecule has 0 aliphatic heterocycles. The molecule has 1 saturated carbocycles. The van der Waals surface area contributed by atoms with Gasteiger partial charge >= 0.3 is 0 Å². The third kappa shape index (κ3) is 2.06. The Labute approximate surface area is 108 Å². The van der Waals surface area contributed by atoms with E-state index in [1.54, 1.807) is 0 Å². The van der Waals surface area contributed by atoms with E-state index in [0.717, 1.165) is 12.0 Å². The Morgan fingerprint density at radius 3 is 3.00 bits per heavy atom. The van der Waals surface area contributed by atoms with Crippen LogP contribution in [0.4, 0.5) is 5.95 Å². The zero-order chi connectivity index (χ0) is 12.5. The lowest BCUT2D eigenvalue weighted by Crippen LogP contribution is -2.15. The number of benzene rings is 1. The minimum Gasteiger partial charge on any atom is -0.292 e. The van der Waals surface area contributed by atoms with Gasteiger partial charge in [0.25, 0.3) is 5.95 Å². The van der Waals surface area contributed by atoms with Gasteiger partial charge in [-0.25, -0.2) is 0 Å². The molecule has 3 rings (SSSR count). The number of hydrogen-bond donors (Lipinski definition) is 2. The van der Waals surface area contributed by atoms with Gasteiger partial charge in [0, 0.05) is 10.9 Å². The predicted molar refractivity (Wildman–Crippen MR) is 65.1 cm³/mol. The van der Waals surface area contributed by atoms with E-state index in [1.807, 2.05) is 24.3 Å². The number of hydrogen-bond acceptors (Lipinski definition) is 4. The van der Waals surface area contributed by atoms with Crippen LogP contribution in [0.3, 0.4) is 0 Å². The van der Waals surface area contributed by atoms with Crippen molar-refractivity contribution >= 4 is 23.5 Å². The van der Waals surface area contributed by atoms with Gasteiger partial charge < -0.3 is 0 Å². The van der Waals surface area contributed by atoms with E-state index in [4.69, 9.17) is 11.6 Å². The average molecular weight is 264 g/mol. The van der Waals surface area contributed by atoms with Crippen LogP contribution in [-0.4, -0.2) is 26.5 Å². The van der Waals surface area contributed by atoms with E-state index >= 15 is 0 Å². The number of nitrogens with zero attached hydrogens (tertiary/aromatic N) is 3. The van der Waals surface area contributed by atoms with Crippen LogP contribution in [0.5, 0.6) is 0 Å². The Morgan fingerprint density at radius 1 is 1.44 bits per heavy atom. The first kappa shape index (κ1) is 11.2. The smallest absolute Gasteiger partial charge is 0.269 e. The SMILES string of the molecule is O=C(Nc1nn[nH]n1)[C@H]1C[C@@H]1c1ccccc1Cl. The molecule has 18 heavy (non-hydrogen) atoms. The summed E-state index contributed by atoms with van der Waals surface area (Å²) >= 11 is 6.10. The van der Waals surface area contributed by atoms with Crippen molar-refractivity contribution in [3.63, 3.8) is 0 Å². The Hall–Kier alpha value is -1.95. The van der Waals surface area contributed by atoms with Crippen LogP contribution in [-0.2, 0) is 4.79 Å². The molecule has 1 amide bonds. The number of halogens is 1. The number of H-pyrrole nitrogens is 1. The second kappa shape index (κ2) is 4.38. The van der Waals surface area contributed by atoms with Gasteiger partial charge in [0.15, 0.2) is 0 Å². The number of aromatic amines is 1. The third-order valence-electron chi connectivity index (χ3n) is 3.01. The highest BCUT2D eigenvalue weighted by Gasteiger charge is 2.45. The number of rotatable bonds is 3. The Balaban J connectivity index is 1.67. The van der Waals surface area contributed by atoms with Gasteiger partial charge in [-0.15, -0.1) is 5.10 Å². The topological polar surface area (TPSA) is 83.6 Å². The summed E-state index contributed by atoms with van der Waals surface area (Å²) in [6.07, 6.45) is 0.799. The number of nitrogens with one attached hydrogen (secondary N) is 2. The monoisotopic (exact) mass is 263 g/mol. The fraction of sp³-hybridized carbons (Fsp3) is 0.273. The van der Waals surface area contributed by atoms with Crippen LogP contribution in [0.1, 0.15) is 17.9 Å². The second-order valence-electron chi connectivity index (χ2n) is 4.19. The van der Waals surface area contributed by atoms with E-state index in [0.29, 0.717) is 5.02 Å². The summed E-state index contributed by atoms with van der Waals surface area (Å²) in [5.74, 6) is 0.222. The van der Waals surface area contributed by atoms with Crippen molar-refractivity contribution in [2.24, 2.45) is 5.92 Å². The summed E-state index contributed by atoms with van der Waals surface area (Å²) in [6.45, 7) is 0. The molecule has 0 radical (unpaired) electrons. The molecule has 7 heteroatoms. The molecule has 0 unspecified atom stereocenters. The van der Waals surface area contributed by atoms with Gasteiger partial charge in [0.05, 0.1) is 0 Å². The fourth-order valence-corrected chi connectivity index (χ4v) is 2.30. The molecule has 6 nitrogen and oxygen atoms in total. The van der Waals surface area contributed by atoms with Crippen molar-refractivity contribution in [3.05, 3.63) is 34.9 Å². The molecule has 2 N–H and O–H groups in total. The maximum Gasteiger partial charge on any atom is 0.269 e. The molecular formula is C11H10ClN5O. The first-order chi connectivity index (χ1) is 8.75. The number of tetrazole rings is 1. The predicted octanol–water partition coefficient (Wildman–Crippen LogP) is 1.60. The summed E-state index contributed by atoms with van der Waals surface area (Å²) in [7, 11) is 0. The van der Waals surface area contributed by atoms with Crippen LogP contribution in [0, 0.1) is 5.92 Å². The van der Waals surface area contributed by atoms with Crippen LogP contribution in [0.25, 0.3) is 0 Å². The minimum atomic E-state index is -0.0960. The quantitative estimate of drug-likeness (QED) is 0.881. The van der Waals surface area contributed by atoms with Crippen LogP contribution in [0.2, 0.25) is 5.02 Å². The van der Waals surface area contributed by atoms with E-state index in [9.17, 15) is 4.79 Å². The molecule has 2 aromatic rings. The molecule has 0 bridgehead atoms. The van der Waals surface area contributed by atoms with E-state index in [-0.39, 0.29) is 23.7 Å². The number of aromatic nitrogens is 4. The first-order valence-electron chi connectivity index (χ1n) is 5.54. The molecule has 0 saturated heterocycles. The molecule has 0 spiro atoms. The van der Waals surface area contributed by atoms with Crippen molar-refractivity contribution in [1.82, 2.24) is 20.6 Å². The Bertz CT molecular complexity index is 571. The molecule has 1 fully saturated rings. The molecule has 1 aromatic carbocycles. The highest BCUT2D eigenvalue weighted by molar-refractivity contribution is 6.31. The van der Waals surface area contributed by atoms with Crippen molar-refractivity contribution in [3.8, 4) is 0 Å². The minimum absolute atomic E-state index is 0.0663. The first-order valence-corrected chi connectivity index (χ1v) is 5.92. The summed E-state index contributed by atoms with van der Waals surface area (Å²) in [5.41, 5.74) is 1.02. The number of amides is 1. The lowest BCUT2D eigenvalue weighted by molar-refractivity contribution is -0.117. The molecule has 1 aromatic heterocycles. The van der Waals surface area contributed by atoms with Crippen LogP contribution >= 0.6 is 11.6 Å². The zero-order valence-electron chi connectivity index (χ0n) is 9.30. The number of anilines is 1. The number of carbonyl (C=O) groups excluding carboxylic acids is 1. The van der Waals surface area contributed by atoms with Crippen molar-refractivity contribution in [1.29, 1.82) is 0 Å². The maximum atomic E-state index is 11.9. The molecule has 2 atom stereocenters. The van der Waals surface area contributed by atoms with Crippen molar-refractivity contribution in [2.45, 2.75) is 12.3 Å². The Kier molecular flexibility index (Phi) is 2.71. The highest BCUT2D eigenvalue weighted by Crippen LogP contribution is 2.49. The summed E-state index contributed by atoms with van der Waals surface area (Å²) in [4.78, 5) is 11.9. The van der Waals surface area contributed by atoms with Gasteiger partial charge in [-0.05, 0) is 29.2 Å². The lowest BCUT2D eigenvalue weighted by Gasteiger charge is -2.02. The normalized spacial score (nSPS) is 21.6. The van der Waals surface area contributed by atoms with E-state index in [1.165, 1.54) is 0 Å². The van der Waals surface area contributed by atoms with Crippen LogP contribution in [0.15, 0.2) is 24.3 Å². The zero-order valence-corrected chi connectivity index (χ0v) is 10.1.